The van der Waals surface area contributed by atoms with Gasteiger partial charge in [0.2, 0.25) is 5.91 Å². The van der Waals surface area contributed by atoms with Gasteiger partial charge >= 0.3 is 0 Å². The molecule has 2 heterocycles. The summed E-state index contributed by atoms with van der Waals surface area (Å²) in [7, 11) is 0. The first-order chi connectivity index (χ1) is 14.4. The van der Waals surface area contributed by atoms with Gasteiger partial charge in [-0.2, -0.15) is 0 Å². The van der Waals surface area contributed by atoms with E-state index in [1.807, 2.05) is 18.2 Å². The molecule has 0 aliphatic heterocycles. The van der Waals surface area contributed by atoms with Crippen molar-refractivity contribution in [3.05, 3.63) is 88.2 Å². The number of benzene rings is 2. The summed E-state index contributed by atoms with van der Waals surface area (Å²) in [5.41, 5.74) is 7.79. The van der Waals surface area contributed by atoms with Crippen molar-refractivity contribution in [1.82, 2.24) is 9.97 Å². The molecule has 0 aliphatic rings. The lowest BCUT2D eigenvalue weighted by Crippen LogP contribution is -2.31. The summed E-state index contributed by atoms with van der Waals surface area (Å²) in [6.45, 7) is 8.79. The number of aromatic nitrogens is 2. The highest BCUT2D eigenvalue weighted by Gasteiger charge is 2.21. The molecule has 0 saturated heterocycles. The zero-order valence-electron chi connectivity index (χ0n) is 17.8. The molecule has 1 amide bonds. The number of anilines is 1. The Labute approximate surface area is 181 Å². The number of nitrogens with zero attached hydrogens (tertiary/aromatic N) is 3. The van der Waals surface area contributed by atoms with E-state index in [-0.39, 0.29) is 5.91 Å². The lowest BCUT2D eigenvalue weighted by Gasteiger charge is -2.20. The van der Waals surface area contributed by atoms with Gasteiger partial charge in [0, 0.05) is 12.4 Å². The van der Waals surface area contributed by atoms with Crippen molar-refractivity contribution in [2.75, 3.05) is 4.90 Å². The Morgan fingerprint density at radius 2 is 1.77 bits per heavy atom. The van der Waals surface area contributed by atoms with Crippen LogP contribution in [0.1, 0.15) is 33.4 Å². The van der Waals surface area contributed by atoms with Gasteiger partial charge in [-0.15, -0.1) is 0 Å². The van der Waals surface area contributed by atoms with Crippen molar-refractivity contribution in [3.8, 4) is 0 Å². The van der Waals surface area contributed by atoms with Gasteiger partial charge in [0.25, 0.3) is 0 Å². The minimum absolute atomic E-state index is 0.0375. The summed E-state index contributed by atoms with van der Waals surface area (Å²) in [6, 6.07) is 14.3. The van der Waals surface area contributed by atoms with Crippen LogP contribution < -0.4 is 4.90 Å². The van der Waals surface area contributed by atoms with Gasteiger partial charge in [-0.1, -0.05) is 41.7 Å². The smallest absolute Gasteiger partial charge is 0.233 e. The van der Waals surface area contributed by atoms with Crippen LogP contribution in [0.3, 0.4) is 0 Å². The molecule has 4 aromatic rings. The van der Waals surface area contributed by atoms with Gasteiger partial charge in [-0.05, 0) is 73.2 Å². The number of carbonyl (C=O) groups is 1. The van der Waals surface area contributed by atoms with Gasteiger partial charge in [0.1, 0.15) is 0 Å². The second kappa shape index (κ2) is 8.36. The molecule has 0 aliphatic carbocycles. The maximum absolute atomic E-state index is 13.4. The first-order valence-electron chi connectivity index (χ1n) is 10.0. The summed E-state index contributed by atoms with van der Waals surface area (Å²) < 4.78 is 1.10. The van der Waals surface area contributed by atoms with E-state index in [1.54, 1.807) is 28.6 Å². The van der Waals surface area contributed by atoms with Gasteiger partial charge < -0.3 is 0 Å². The fourth-order valence-corrected chi connectivity index (χ4v) is 4.49. The fourth-order valence-electron chi connectivity index (χ4n) is 3.45. The van der Waals surface area contributed by atoms with Crippen molar-refractivity contribution in [1.29, 1.82) is 0 Å². The quantitative estimate of drug-likeness (QED) is 0.420. The molecule has 5 heteroatoms. The van der Waals surface area contributed by atoms with Crippen LogP contribution >= 0.6 is 11.3 Å². The van der Waals surface area contributed by atoms with Crippen LogP contribution in [0, 0.1) is 27.7 Å². The molecule has 2 aromatic heterocycles. The molecule has 30 heavy (non-hydrogen) atoms. The third-order valence-electron chi connectivity index (χ3n) is 5.60. The molecule has 2 aromatic carbocycles. The molecule has 0 unspecified atom stereocenters. The van der Waals surface area contributed by atoms with Crippen LogP contribution in [0.15, 0.2) is 54.9 Å². The maximum atomic E-state index is 13.4. The summed E-state index contributed by atoms with van der Waals surface area (Å²) in [5.74, 6) is 0.0375. The SMILES string of the molecule is Cc1ccc(CC(=O)N(Cc2cccnc2)c2nc3c(C)c(C)ccc3s2)cc1C. The largest absolute Gasteiger partial charge is 0.283 e. The average Bonchev–Trinajstić information content (AvgIpc) is 3.17. The summed E-state index contributed by atoms with van der Waals surface area (Å²) in [5, 5.41) is 0.733. The second-order valence-electron chi connectivity index (χ2n) is 7.79. The van der Waals surface area contributed by atoms with Crippen molar-refractivity contribution in [3.63, 3.8) is 0 Å². The van der Waals surface area contributed by atoms with Gasteiger partial charge in [-0.3, -0.25) is 14.7 Å². The lowest BCUT2D eigenvalue weighted by molar-refractivity contribution is -0.118. The highest BCUT2D eigenvalue weighted by Crippen LogP contribution is 2.33. The molecule has 4 nitrogen and oxygen atoms in total. The van der Waals surface area contributed by atoms with Crippen LogP contribution in [0.4, 0.5) is 5.13 Å². The molecule has 0 bridgehead atoms. The summed E-state index contributed by atoms with van der Waals surface area (Å²) >= 11 is 1.57. The number of hydrogen-bond acceptors (Lipinski definition) is 4. The Kier molecular flexibility index (Phi) is 5.64. The molecule has 152 valence electrons. The predicted octanol–water partition coefficient (Wildman–Crippen LogP) is 5.70. The molecule has 0 saturated carbocycles. The van der Waals surface area contributed by atoms with E-state index in [1.165, 1.54) is 16.7 Å². The number of amides is 1. The number of carbonyl (C=O) groups excluding carboxylic acids is 1. The molecule has 4 rings (SSSR count). The number of fused-ring (bicyclic) bond motifs is 1. The number of rotatable bonds is 5. The zero-order chi connectivity index (χ0) is 21.3. The number of thiazole rings is 1. The summed E-state index contributed by atoms with van der Waals surface area (Å²) in [6.07, 6.45) is 3.89. The predicted molar refractivity (Wildman–Crippen MR) is 124 cm³/mol. The second-order valence-corrected chi connectivity index (χ2v) is 8.80. The third-order valence-corrected chi connectivity index (χ3v) is 6.64. The Hall–Kier alpha value is -3.05. The Morgan fingerprint density at radius 3 is 2.50 bits per heavy atom. The molecule has 0 N–H and O–H groups in total. The van der Waals surface area contributed by atoms with Gasteiger partial charge in [-0.25, -0.2) is 4.98 Å². The molecular formula is C25H25N3OS. The fraction of sp³-hybridized carbons (Fsp3) is 0.240. The normalized spacial score (nSPS) is 11.1. The summed E-state index contributed by atoms with van der Waals surface area (Å²) in [4.78, 5) is 24.3. The van der Waals surface area contributed by atoms with Crippen molar-refractivity contribution < 1.29 is 4.79 Å². The van der Waals surface area contributed by atoms with Crippen molar-refractivity contribution in [2.45, 2.75) is 40.7 Å². The minimum atomic E-state index is 0.0375. The Bertz CT molecular complexity index is 1210. The average molecular weight is 416 g/mol. The standard InChI is InChI=1S/C25H25N3OS/c1-16-7-9-20(12-18(16)3)13-23(29)28(15-21-6-5-11-26-14-21)25-27-24-19(4)17(2)8-10-22(24)30-25/h5-12,14H,13,15H2,1-4H3. The highest BCUT2D eigenvalue weighted by molar-refractivity contribution is 7.22. The van der Waals surface area contributed by atoms with E-state index in [0.717, 1.165) is 32.0 Å². The van der Waals surface area contributed by atoms with Crippen LogP contribution in [0.25, 0.3) is 10.2 Å². The van der Waals surface area contributed by atoms with Crippen LogP contribution in [-0.2, 0) is 17.8 Å². The van der Waals surface area contributed by atoms with E-state index >= 15 is 0 Å². The van der Waals surface area contributed by atoms with E-state index < -0.39 is 0 Å². The monoisotopic (exact) mass is 415 g/mol. The van der Waals surface area contributed by atoms with E-state index in [2.05, 4.69) is 56.9 Å². The molecule has 0 radical (unpaired) electrons. The van der Waals surface area contributed by atoms with Crippen LogP contribution in [0.5, 0.6) is 0 Å². The Balaban J connectivity index is 1.71. The third kappa shape index (κ3) is 4.12. The lowest BCUT2D eigenvalue weighted by atomic mass is 10.0. The molecular weight excluding hydrogens is 390 g/mol. The maximum Gasteiger partial charge on any atom is 0.233 e. The van der Waals surface area contributed by atoms with E-state index in [9.17, 15) is 4.79 Å². The number of pyridine rings is 1. The highest BCUT2D eigenvalue weighted by atomic mass is 32.1. The first-order valence-corrected chi connectivity index (χ1v) is 10.9. The molecule has 0 atom stereocenters. The van der Waals surface area contributed by atoms with Crippen LogP contribution in [-0.4, -0.2) is 15.9 Å². The van der Waals surface area contributed by atoms with E-state index in [4.69, 9.17) is 4.98 Å². The van der Waals surface area contributed by atoms with Gasteiger partial charge in [0.15, 0.2) is 5.13 Å². The molecule has 0 spiro atoms. The Morgan fingerprint density at radius 1 is 0.967 bits per heavy atom. The molecule has 0 fully saturated rings. The van der Waals surface area contributed by atoms with E-state index in [0.29, 0.717) is 13.0 Å². The topological polar surface area (TPSA) is 46.1 Å². The number of aryl methyl sites for hydroxylation is 4. The zero-order valence-corrected chi connectivity index (χ0v) is 18.6. The van der Waals surface area contributed by atoms with Crippen molar-refractivity contribution >= 4 is 32.6 Å². The first kappa shape index (κ1) is 20.2. The van der Waals surface area contributed by atoms with Crippen molar-refractivity contribution in [2.24, 2.45) is 0 Å². The number of hydrogen-bond donors (Lipinski definition) is 0. The van der Waals surface area contributed by atoms with Crippen LogP contribution in [0.2, 0.25) is 0 Å². The minimum Gasteiger partial charge on any atom is -0.283 e. The van der Waals surface area contributed by atoms with Gasteiger partial charge in [0.05, 0.1) is 23.2 Å².